The van der Waals surface area contributed by atoms with Gasteiger partial charge in [-0.3, -0.25) is 0 Å². The van der Waals surface area contributed by atoms with E-state index in [4.69, 9.17) is 5.11 Å². The number of hydrogen-bond acceptors (Lipinski definition) is 1. The molecule has 0 saturated carbocycles. The average molecular weight is 222 g/mol. The molecule has 1 atom stereocenters. The Labute approximate surface area is 84.3 Å². The Hall–Kier alpha value is -1.10. The molecule has 0 aliphatic rings. The summed E-state index contributed by atoms with van der Waals surface area (Å²) in [5, 5.41) is 8.53. The smallest absolute Gasteiger partial charge is 0.395 e. The minimum absolute atomic E-state index is 0.418. The fraction of sp³-hybridized carbons (Fsp3) is 0.400. The van der Waals surface area contributed by atoms with Crippen LogP contribution in [0.5, 0.6) is 0 Å². The van der Waals surface area contributed by atoms with E-state index in [1.165, 1.54) is 12.1 Å². The molecule has 15 heavy (non-hydrogen) atoms. The van der Waals surface area contributed by atoms with E-state index in [-0.39, 0.29) is 0 Å². The largest absolute Gasteiger partial charge is 0.396 e. The van der Waals surface area contributed by atoms with Gasteiger partial charge in [-0.15, -0.1) is 0 Å². The number of alkyl halides is 3. The molecule has 0 aliphatic carbocycles. The van der Waals surface area contributed by atoms with Crippen LogP contribution in [0, 0.1) is 5.82 Å². The lowest BCUT2D eigenvalue weighted by Gasteiger charge is -2.20. The average Bonchev–Trinajstić information content (AvgIpc) is 2.14. The van der Waals surface area contributed by atoms with Crippen LogP contribution in [0.15, 0.2) is 24.3 Å². The normalized spacial score (nSPS) is 13.9. The van der Waals surface area contributed by atoms with Gasteiger partial charge in [0.2, 0.25) is 0 Å². The molecule has 1 unspecified atom stereocenters. The molecule has 0 aliphatic heterocycles. The Bertz CT molecular complexity index is 321. The van der Waals surface area contributed by atoms with Crippen molar-refractivity contribution in [2.24, 2.45) is 0 Å². The van der Waals surface area contributed by atoms with Crippen LogP contribution in [0.25, 0.3) is 0 Å². The van der Waals surface area contributed by atoms with E-state index in [0.717, 1.165) is 12.1 Å². The molecular weight excluding hydrogens is 212 g/mol. The molecule has 84 valence electrons. The van der Waals surface area contributed by atoms with Crippen LogP contribution in [0.2, 0.25) is 0 Å². The minimum atomic E-state index is -4.54. The van der Waals surface area contributed by atoms with Gasteiger partial charge < -0.3 is 5.11 Å². The van der Waals surface area contributed by atoms with Crippen LogP contribution in [0.4, 0.5) is 17.6 Å². The van der Waals surface area contributed by atoms with Crippen LogP contribution < -0.4 is 0 Å². The zero-order valence-electron chi connectivity index (χ0n) is 7.76. The molecule has 1 aromatic rings. The molecule has 1 N–H and O–H groups in total. The number of hydrogen-bond donors (Lipinski definition) is 1. The molecule has 1 aromatic carbocycles. The fourth-order valence-electron chi connectivity index (χ4n) is 1.38. The standard InChI is InChI=1S/C10H10F4O/c11-9-4-2-1-3-7(9)8(5-6-15)10(12,13)14/h1-4,8,15H,5-6H2. The Morgan fingerprint density at radius 2 is 1.80 bits per heavy atom. The Morgan fingerprint density at radius 3 is 2.27 bits per heavy atom. The maximum absolute atomic E-state index is 13.1. The lowest BCUT2D eigenvalue weighted by molar-refractivity contribution is -0.154. The summed E-state index contributed by atoms with van der Waals surface area (Å²) in [5.41, 5.74) is -0.418. The van der Waals surface area contributed by atoms with Gasteiger partial charge in [-0.2, -0.15) is 13.2 Å². The highest BCUT2D eigenvalue weighted by atomic mass is 19.4. The molecule has 5 heteroatoms. The van der Waals surface area contributed by atoms with Crippen molar-refractivity contribution in [1.29, 1.82) is 0 Å². The molecule has 0 heterocycles. The van der Waals surface area contributed by atoms with Gasteiger partial charge in [0.25, 0.3) is 0 Å². The highest BCUT2D eigenvalue weighted by Crippen LogP contribution is 2.38. The van der Waals surface area contributed by atoms with Gasteiger partial charge in [0.05, 0.1) is 5.92 Å². The third-order valence-corrected chi connectivity index (χ3v) is 2.09. The van der Waals surface area contributed by atoms with Crippen molar-refractivity contribution in [1.82, 2.24) is 0 Å². The van der Waals surface area contributed by atoms with Crippen molar-refractivity contribution in [3.63, 3.8) is 0 Å². The van der Waals surface area contributed by atoms with Gasteiger partial charge >= 0.3 is 6.18 Å². The van der Waals surface area contributed by atoms with Crippen LogP contribution in [0.1, 0.15) is 17.9 Å². The summed E-state index contributed by atoms with van der Waals surface area (Å²) in [4.78, 5) is 0. The first-order valence-corrected chi connectivity index (χ1v) is 4.39. The number of benzene rings is 1. The predicted molar refractivity (Wildman–Crippen MR) is 46.9 cm³/mol. The topological polar surface area (TPSA) is 20.2 Å². The van der Waals surface area contributed by atoms with Crippen molar-refractivity contribution in [3.05, 3.63) is 35.6 Å². The van der Waals surface area contributed by atoms with Crippen molar-refractivity contribution >= 4 is 0 Å². The van der Waals surface area contributed by atoms with Crippen LogP contribution in [0.3, 0.4) is 0 Å². The summed E-state index contributed by atoms with van der Waals surface area (Å²) in [6, 6.07) is 4.73. The first-order valence-electron chi connectivity index (χ1n) is 4.39. The molecule has 1 rings (SSSR count). The molecular formula is C10H10F4O. The zero-order chi connectivity index (χ0) is 11.5. The molecule has 0 bridgehead atoms. The number of aliphatic hydroxyl groups excluding tert-OH is 1. The lowest BCUT2D eigenvalue weighted by atomic mass is 9.95. The molecule has 0 spiro atoms. The summed E-state index contributed by atoms with van der Waals surface area (Å²) in [6.07, 6.45) is -5.06. The van der Waals surface area contributed by atoms with E-state index in [9.17, 15) is 17.6 Å². The molecule has 0 aromatic heterocycles. The summed E-state index contributed by atoms with van der Waals surface area (Å²) in [5.74, 6) is -2.84. The maximum Gasteiger partial charge on any atom is 0.395 e. The molecule has 0 amide bonds. The van der Waals surface area contributed by atoms with Crippen molar-refractivity contribution in [2.75, 3.05) is 6.61 Å². The van der Waals surface area contributed by atoms with Crippen LogP contribution in [-0.4, -0.2) is 17.9 Å². The zero-order valence-corrected chi connectivity index (χ0v) is 7.76. The highest BCUT2D eigenvalue weighted by Gasteiger charge is 2.41. The number of rotatable bonds is 3. The second-order valence-electron chi connectivity index (χ2n) is 3.13. The van der Waals surface area contributed by atoms with Gasteiger partial charge in [0.15, 0.2) is 0 Å². The van der Waals surface area contributed by atoms with Gasteiger partial charge in [0.1, 0.15) is 5.82 Å². The summed E-state index contributed by atoms with van der Waals surface area (Å²) < 4.78 is 50.6. The monoisotopic (exact) mass is 222 g/mol. The Kier molecular flexibility index (Phi) is 3.68. The molecule has 1 nitrogen and oxygen atoms in total. The van der Waals surface area contributed by atoms with E-state index >= 15 is 0 Å². The van der Waals surface area contributed by atoms with E-state index in [0.29, 0.717) is 0 Å². The quantitative estimate of drug-likeness (QED) is 0.779. The van der Waals surface area contributed by atoms with Gasteiger partial charge in [-0.05, 0) is 12.5 Å². The second-order valence-corrected chi connectivity index (χ2v) is 3.13. The maximum atomic E-state index is 13.1. The molecule has 0 fully saturated rings. The summed E-state index contributed by atoms with van der Waals surface area (Å²) in [6.45, 7) is -0.626. The SMILES string of the molecule is OCCC(c1ccccc1F)C(F)(F)F. The van der Waals surface area contributed by atoms with Crippen LogP contribution in [-0.2, 0) is 0 Å². The third kappa shape index (κ3) is 2.92. The van der Waals surface area contributed by atoms with E-state index in [1.54, 1.807) is 0 Å². The van der Waals surface area contributed by atoms with E-state index in [1.807, 2.05) is 0 Å². The van der Waals surface area contributed by atoms with Crippen LogP contribution >= 0.6 is 0 Å². The lowest BCUT2D eigenvalue weighted by Crippen LogP contribution is -2.22. The Balaban J connectivity index is 3.05. The van der Waals surface area contributed by atoms with E-state index in [2.05, 4.69) is 0 Å². The van der Waals surface area contributed by atoms with Crippen molar-refractivity contribution in [3.8, 4) is 0 Å². The van der Waals surface area contributed by atoms with Gasteiger partial charge in [-0.25, -0.2) is 4.39 Å². The van der Waals surface area contributed by atoms with Gasteiger partial charge in [-0.1, -0.05) is 18.2 Å². The first-order chi connectivity index (χ1) is 6.96. The summed E-state index contributed by atoms with van der Waals surface area (Å²) >= 11 is 0. The fourth-order valence-corrected chi connectivity index (χ4v) is 1.38. The first kappa shape index (κ1) is 12.0. The van der Waals surface area contributed by atoms with Gasteiger partial charge in [0, 0.05) is 12.2 Å². The highest BCUT2D eigenvalue weighted by molar-refractivity contribution is 5.23. The predicted octanol–water partition coefficient (Wildman–Crippen LogP) is 2.85. The number of halogens is 4. The Morgan fingerprint density at radius 1 is 1.20 bits per heavy atom. The number of aliphatic hydroxyl groups is 1. The molecule has 0 saturated heterocycles. The third-order valence-electron chi connectivity index (χ3n) is 2.09. The second kappa shape index (κ2) is 4.61. The van der Waals surface area contributed by atoms with Crippen molar-refractivity contribution < 1.29 is 22.7 Å². The van der Waals surface area contributed by atoms with Crippen molar-refractivity contribution in [2.45, 2.75) is 18.5 Å². The molecule has 0 radical (unpaired) electrons. The minimum Gasteiger partial charge on any atom is -0.396 e. The van der Waals surface area contributed by atoms with E-state index < -0.39 is 36.5 Å². The summed E-state index contributed by atoms with van der Waals surface area (Å²) in [7, 11) is 0.